The summed E-state index contributed by atoms with van der Waals surface area (Å²) in [5, 5.41) is 2.24. The van der Waals surface area contributed by atoms with Crippen molar-refractivity contribution in [3.63, 3.8) is 0 Å². The fourth-order valence-corrected chi connectivity index (χ4v) is 1.62. The maximum Gasteiger partial charge on any atom is 0.389 e. The van der Waals surface area contributed by atoms with Crippen molar-refractivity contribution in [1.82, 2.24) is 5.32 Å². The van der Waals surface area contributed by atoms with Crippen LogP contribution in [0.25, 0.3) is 0 Å². The van der Waals surface area contributed by atoms with E-state index in [1.165, 1.54) is 12.1 Å². The first kappa shape index (κ1) is 14.9. The molecule has 0 aliphatic heterocycles. The van der Waals surface area contributed by atoms with Crippen molar-refractivity contribution in [2.45, 2.75) is 19.0 Å². The van der Waals surface area contributed by atoms with Crippen LogP contribution in [0.2, 0.25) is 0 Å². The van der Waals surface area contributed by atoms with Gasteiger partial charge >= 0.3 is 6.18 Å². The average Bonchev–Trinajstić information content (AvgIpc) is 2.26. The molecule has 0 unspecified atom stereocenters. The first-order chi connectivity index (χ1) is 8.29. The maximum atomic E-state index is 13.3. The molecular formula is C11H10BrF4NO. The number of benzene rings is 1. The maximum absolute atomic E-state index is 13.3. The molecule has 0 saturated heterocycles. The summed E-state index contributed by atoms with van der Waals surface area (Å²) in [6, 6.07) is 3.80. The lowest BCUT2D eigenvalue weighted by molar-refractivity contribution is -0.135. The topological polar surface area (TPSA) is 29.1 Å². The molecule has 18 heavy (non-hydrogen) atoms. The highest BCUT2D eigenvalue weighted by Gasteiger charge is 2.26. The van der Waals surface area contributed by atoms with E-state index < -0.39 is 24.3 Å². The summed E-state index contributed by atoms with van der Waals surface area (Å²) >= 11 is 3.08. The van der Waals surface area contributed by atoms with Gasteiger partial charge < -0.3 is 5.32 Å². The monoisotopic (exact) mass is 327 g/mol. The predicted octanol–water partition coefficient (Wildman–Crippen LogP) is 3.66. The molecule has 2 nitrogen and oxygen atoms in total. The quantitative estimate of drug-likeness (QED) is 0.663. The van der Waals surface area contributed by atoms with Crippen LogP contribution in [0.5, 0.6) is 0 Å². The third kappa shape index (κ3) is 5.03. The second-order valence-corrected chi connectivity index (χ2v) is 4.51. The Bertz CT molecular complexity index is 434. The van der Waals surface area contributed by atoms with Gasteiger partial charge in [0, 0.05) is 17.4 Å². The summed E-state index contributed by atoms with van der Waals surface area (Å²) in [7, 11) is 0. The Hall–Kier alpha value is -1.11. The zero-order valence-corrected chi connectivity index (χ0v) is 10.7. The van der Waals surface area contributed by atoms with Crippen molar-refractivity contribution in [2.75, 3.05) is 6.54 Å². The van der Waals surface area contributed by atoms with Crippen LogP contribution in [-0.2, 0) is 0 Å². The molecule has 1 aromatic rings. The first-order valence-corrected chi connectivity index (χ1v) is 5.89. The number of hydrogen-bond donors (Lipinski definition) is 1. The van der Waals surface area contributed by atoms with E-state index in [1.54, 1.807) is 0 Å². The van der Waals surface area contributed by atoms with Gasteiger partial charge in [-0.05, 0) is 24.6 Å². The number of nitrogens with one attached hydrogen (secondary N) is 1. The summed E-state index contributed by atoms with van der Waals surface area (Å²) in [4.78, 5) is 11.5. The largest absolute Gasteiger partial charge is 0.389 e. The minimum absolute atomic E-state index is 0.149. The second-order valence-electron chi connectivity index (χ2n) is 3.60. The van der Waals surface area contributed by atoms with Crippen LogP contribution in [0, 0.1) is 5.82 Å². The van der Waals surface area contributed by atoms with Crippen LogP contribution in [0.4, 0.5) is 17.6 Å². The number of halogens is 5. The van der Waals surface area contributed by atoms with E-state index in [0.29, 0.717) is 4.47 Å². The van der Waals surface area contributed by atoms with Crippen molar-refractivity contribution in [3.05, 3.63) is 34.1 Å². The van der Waals surface area contributed by atoms with Crippen molar-refractivity contribution >= 4 is 21.8 Å². The number of alkyl halides is 3. The first-order valence-electron chi connectivity index (χ1n) is 5.09. The normalized spacial score (nSPS) is 11.4. The van der Waals surface area contributed by atoms with Crippen LogP contribution in [0.3, 0.4) is 0 Å². The molecule has 0 bridgehead atoms. The molecule has 0 atom stereocenters. The van der Waals surface area contributed by atoms with Gasteiger partial charge in [-0.2, -0.15) is 13.2 Å². The highest BCUT2D eigenvalue weighted by molar-refractivity contribution is 9.10. The fourth-order valence-electron chi connectivity index (χ4n) is 1.26. The molecule has 0 aliphatic rings. The van der Waals surface area contributed by atoms with Crippen molar-refractivity contribution < 1.29 is 22.4 Å². The van der Waals surface area contributed by atoms with Crippen molar-refractivity contribution in [1.29, 1.82) is 0 Å². The molecule has 7 heteroatoms. The Morgan fingerprint density at radius 3 is 2.61 bits per heavy atom. The van der Waals surface area contributed by atoms with Crippen molar-refractivity contribution in [2.24, 2.45) is 0 Å². The third-order valence-electron chi connectivity index (χ3n) is 2.10. The van der Waals surface area contributed by atoms with E-state index >= 15 is 0 Å². The van der Waals surface area contributed by atoms with Gasteiger partial charge in [0.15, 0.2) is 0 Å². The predicted molar refractivity (Wildman–Crippen MR) is 61.7 cm³/mol. The zero-order valence-electron chi connectivity index (χ0n) is 9.15. The molecule has 0 radical (unpaired) electrons. The van der Waals surface area contributed by atoms with Gasteiger partial charge in [0.1, 0.15) is 5.82 Å². The van der Waals surface area contributed by atoms with Gasteiger partial charge in [-0.3, -0.25) is 4.79 Å². The lowest BCUT2D eigenvalue weighted by Gasteiger charge is -2.08. The Morgan fingerprint density at radius 1 is 1.33 bits per heavy atom. The molecule has 1 aromatic carbocycles. The minimum atomic E-state index is -4.24. The van der Waals surface area contributed by atoms with Crippen LogP contribution >= 0.6 is 15.9 Å². The zero-order chi connectivity index (χ0) is 13.8. The van der Waals surface area contributed by atoms with E-state index in [-0.39, 0.29) is 18.5 Å². The summed E-state index contributed by atoms with van der Waals surface area (Å²) < 4.78 is 49.3. The molecule has 1 amide bonds. The Balaban J connectivity index is 2.48. The van der Waals surface area contributed by atoms with Gasteiger partial charge in [0.05, 0.1) is 5.56 Å². The number of rotatable bonds is 4. The van der Waals surface area contributed by atoms with Gasteiger partial charge in [0.2, 0.25) is 0 Å². The second kappa shape index (κ2) is 6.17. The van der Waals surface area contributed by atoms with E-state index in [1.807, 2.05) is 0 Å². The highest BCUT2D eigenvalue weighted by Crippen LogP contribution is 2.21. The molecule has 100 valence electrons. The van der Waals surface area contributed by atoms with E-state index in [0.717, 1.165) is 6.07 Å². The number of carbonyl (C=O) groups excluding carboxylic acids is 1. The van der Waals surface area contributed by atoms with Crippen LogP contribution in [-0.4, -0.2) is 18.6 Å². The van der Waals surface area contributed by atoms with Crippen LogP contribution < -0.4 is 5.32 Å². The van der Waals surface area contributed by atoms with Gasteiger partial charge in [-0.25, -0.2) is 4.39 Å². The summed E-state index contributed by atoms with van der Waals surface area (Å²) in [5.41, 5.74) is -0.198. The number of carbonyl (C=O) groups is 1. The lowest BCUT2D eigenvalue weighted by Crippen LogP contribution is -2.26. The van der Waals surface area contributed by atoms with Crippen molar-refractivity contribution in [3.8, 4) is 0 Å². The molecule has 0 aromatic heterocycles. The molecule has 0 saturated carbocycles. The molecule has 0 heterocycles. The molecule has 1 rings (SSSR count). The molecule has 0 aliphatic carbocycles. The summed E-state index contributed by atoms with van der Waals surface area (Å²) in [6.45, 7) is -0.149. The van der Waals surface area contributed by atoms with Gasteiger partial charge in [-0.15, -0.1) is 0 Å². The summed E-state index contributed by atoms with van der Waals surface area (Å²) in [6.07, 6.45) is -5.45. The number of amides is 1. The van der Waals surface area contributed by atoms with Crippen LogP contribution in [0.1, 0.15) is 23.2 Å². The Labute approximate surface area is 109 Å². The highest BCUT2D eigenvalue weighted by atomic mass is 79.9. The average molecular weight is 328 g/mol. The smallest absolute Gasteiger partial charge is 0.352 e. The molecular weight excluding hydrogens is 318 g/mol. The Morgan fingerprint density at radius 2 is 2.00 bits per heavy atom. The standard InChI is InChI=1S/C11H10BrF4NO/c12-7-2-3-9(13)8(6-7)10(18)17-5-1-4-11(14,15)16/h2-3,6H,1,4-5H2,(H,17,18). The number of hydrogen-bond acceptors (Lipinski definition) is 1. The molecule has 1 N–H and O–H groups in total. The van der Waals surface area contributed by atoms with Crippen LogP contribution in [0.15, 0.2) is 22.7 Å². The Kier molecular flexibility index (Phi) is 5.13. The third-order valence-corrected chi connectivity index (χ3v) is 2.59. The SMILES string of the molecule is O=C(NCCCC(F)(F)F)c1cc(Br)ccc1F. The van der Waals surface area contributed by atoms with E-state index in [4.69, 9.17) is 0 Å². The van der Waals surface area contributed by atoms with E-state index in [9.17, 15) is 22.4 Å². The van der Waals surface area contributed by atoms with Gasteiger partial charge in [0.25, 0.3) is 5.91 Å². The minimum Gasteiger partial charge on any atom is -0.352 e. The van der Waals surface area contributed by atoms with E-state index in [2.05, 4.69) is 21.2 Å². The fraction of sp³-hybridized carbons (Fsp3) is 0.364. The summed E-state index contributed by atoms with van der Waals surface area (Å²) in [5.74, 6) is -1.44. The van der Waals surface area contributed by atoms with Gasteiger partial charge in [-0.1, -0.05) is 15.9 Å². The lowest BCUT2D eigenvalue weighted by atomic mass is 10.2. The molecule has 0 fully saturated rings. The molecule has 0 spiro atoms.